The second-order valence-electron chi connectivity index (χ2n) is 6.10. The van der Waals surface area contributed by atoms with E-state index >= 15 is 0 Å². The lowest BCUT2D eigenvalue weighted by molar-refractivity contribution is 0.726. The van der Waals surface area contributed by atoms with Gasteiger partial charge < -0.3 is 0 Å². The van der Waals surface area contributed by atoms with Crippen LogP contribution in [0, 0.1) is 0 Å². The first-order valence-corrected chi connectivity index (χ1v) is 10.6. The highest BCUT2D eigenvalue weighted by molar-refractivity contribution is 7.98. The number of hydrogen-bond acceptors (Lipinski definition) is 5. The van der Waals surface area contributed by atoms with Crippen LogP contribution in [-0.4, -0.2) is 14.5 Å². The van der Waals surface area contributed by atoms with Gasteiger partial charge in [0.25, 0.3) is 5.56 Å². The Labute approximate surface area is 169 Å². The van der Waals surface area contributed by atoms with Crippen molar-refractivity contribution in [2.24, 2.45) is 7.05 Å². The molecule has 0 unspecified atom stereocenters. The molecule has 4 nitrogen and oxygen atoms in total. The number of nitrogens with zero attached hydrogens (tertiary/aromatic N) is 3. The monoisotopic (exact) mass is 413 g/mol. The number of benzene rings is 2. The standard InChI is InChI=1S/C20H16ClN3OS2/c1-24-19(25)16-4-2-3-5-17(16)23-20(24)27-12-15-11-26-18(22-15)10-13-6-8-14(21)9-7-13/h2-9,11H,10,12H2,1H3. The predicted molar refractivity (Wildman–Crippen MR) is 113 cm³/mol. The molecule has 0 aliphatic carbocycles. The lowest BCUT2D eigenvalue weighted by Crippen LogP contribution is -2.19. The van der Waals surface area contributed by atoms with Gasteiger partial charge in [-0.15, -0.1) is 11.3 Å². The van der Waals surface area contributed by atoms with E-state index in [1.807, 2.05) is 48.5 Å². The van der Waals surface area contributed by atoms with Crippen LogP contribution in [-0.2, 0) is 19.2 Å². The van der Waals surface area contributed by atoms with Crippen LogP contribution in [0.1, 0.15) is 16.3 Å². The van der Waals surface area contributed by atoms with E-state index < -0.39 is 0 Å². The number of para-hydroxylation sites is 1. The average Bonchev–Trinajstić information content (AvgIpc) is 3.13. The number of thioether (sulfide) groups is 1. The molecule has 4 aromatic rings. The number of rotatable bonds is 5. The summed E-state index contributed by atoms with van der Waals surface area (Å²) >= 11 is 9.11. The summed E-state index contributed by atoms with van der Waals surface area (Å²) in [7, 11) is 1.76. The van der Waals surface area contributed by atoms with Crippen molar-refractivity contribution in [2.45, 2.75) is 17.3 Å². The lowest BCUT2D eigenvalue weighted by Gasteiger charge is -2.07. The SMILES string of the molecule is Cn1c(SCc2csc(Cc3ccc(Cl)cc3)n2)nc2ccccc2c1=O. The highest BCUT2D eigenvalue weighted by Crippen LogP contribution is 2.24. The van der Waals surface area contributed by atoms with Gasteiger partial charge in [0.15, 0.2) is 5.16 Å². The first-order chi connectivity index (χ1) is 13.1. The van der Waals surface area contributed by atoms with Crippen molar-refractivity contribution in [1.29, 1.82) is 0 Å². The van der Waals surface area contributed by atoms with Gasteiger partial charge in [-0.1, -0.05) is 47.6 Å². The first kappa shape index (κ1) is 18.2. The Morgan fingerprint density at radius 2 is 1.89 bits per heavy atom. The van der Waals surface area contributed by atoms with Crippen LogP contribution < -0.4 is 5.56 Å². The van der Waals surface area contributed by atoms with E-state index in [1.54, 1.807) is 23.0 Å². The number of hydrogen-bond donors (Lipinski definition) is 0. The lowest BCUT2D eigenvalue weighted by atomic mass is 10.2. The van der Waals surface area contributed by atoms with Crippen LogP contribution >= 0.6 is 34.7 Å². The average molecular weight is 414 g/mol. The molecule has 27 heavy (non-hydrogen) atoms. The number of thiazole rings is 1. The third-order valence-corrected chi connectivity index (χ3v) is 6.37. The highest BCUT2D eigenvalue weighted by atomic mass is 35.5. The molecule has 0 bridgehead atoms. The summed E-state index contributed by atoms with van der Waals surface area (Å²) in [6.07, 6.45) is 0.791. The molecule has 136 valence electrons. The third-order valence-electron chi connectivity index (χ3n) is 4.16. The fourth-order valence-electron chi connectivity index (χ4n) is 2.74. The van der Waals surface area contributed by atoms with Gasteiger partial charge in [0.1, 0.15) is 0 Å². The molecule has 2 aromatic heterocycles. The minimum Gasteiger partial charge on any atom is -0.290 e. The fourth-order valence-corrected chi connectivity index (χ4v) is 4.66. The summed E-state index contributed by atoms with van der Waals surface area (Å²) in [6.45, 7) is 0. The molecule has 0 amide bonds. The Kier molecular flexibility index (Phi) is 5.29. The molecule has 7 heteroatoms. The maximum atomic E-state index is 12.5. The van der Waals surface area contributed by atoms with Crippen molar-refractivity contribution >= 4 is 45.6 Å². The maximum absolute atomic E-state index is 12.5. The van der Waals surface area contributed by atoms with Crippen molar-refractivity contribution in [3.63, 3.8) is 0 Å². The highest BCUT2D eigenvalue weighted by Gasteiger charge is 2.10. The van der Waals surface area contributed by atoms with Crippen molar-refractivity contribution in [3.8, 4) is 0 Å². The quantitative estimate of drug-likeness (QED) is 0.344. The smallest absolute Gasteiger partial charge is 0.261 e. The van der Waals surface area contributed by atoms with Gasteiger partial charge in [0.2, 0.25) is 0 Å². The first-order valence-electron chi connectivity index (χ1n) is 8.36. The zero-order chi connectivity index (χ0) is 18.8. The van der Waals surface area contributed by atoms with Crippen LogP contribution in [0.3, 0.4) is 0 Å². The summed E-state index contributed by atoms with van der Waals surface area (Å²) in [4.78, 5) is 21.8. The minimum atomic E-state index is -0.0233. The van der Waals surface area contributed by atoms with E-state index in [9.17, 15) is 4.79 Å². The van der Waals surface area contributed by atoms with Crippen LogP contribution in [0.2, 0.25) is 5.02 Å². The van der Waals surface area contributed by atoms with Gasteiger partial charge in [0.05, 0.1) is 21.6 Å². The Balaban J connectivity index is 1.49. The molecule has 0 saturated carbocycles. The third kappa shape index (κ3) is 4.08. The number of fused-ring (bicyclic) bond motifs is 1. The van der Waals surface area contributed by atoms with E-state index in [4.69, 9.17) is 16.6 Å². The molecule has 0 spiro atoms. The van der Waals surface area contributed by atoms with Gasteiger partial charge >= 0.3 is 0 Å². The van der Waals surface area contributed by atoms with Gasteiger partial charge in [-0.3, -0.25) is 9.36 Å². The topological polar surface area (TPSA) is 47.8 Å². The number of halogens is 1. The number of aromatic nitrogens is 3. The van der Waals surface area contributed by atoms with Crippen molar-refractivity contribution in [1.82, 2.24) is 14.5 Å². The molecule has 0 N–H and O–H groups in total. The Morgan fingerprint density at radius 1 is 1.11 bits per heavy atom. The predicted octanol–water partition coefficient (Wildman–Crippen LogP) is 4.93. The second-order valence-corrected chi connectivity index (χ2v) is 8.42. The molecule has 0 atom stereocenters. The molecule has 0 radical (unpaired) electrons. The Morgan fingerprint density at radius 3 is 2.70 bits per heavy atom. The molecule has 2 aromatic carbocycles. The zero-order valence-corrected chi connectivity index (χ0v) is 16.9. The Bertz CT molecular complexity index is 1150. The zero-order valence-electron chi connectivity index (χ0n) is 14.6. The van der Waals surface area contributed by atoms with E-state index in [-0.39, 0.29) is 5.56 Å². The van der Waals surface area contributed by atoms with Gasteiger partial charge in [-0.25, -0.2) is 9.97 Å². The van der Waals surface area contributed by atoms with Crippen LogP contribution in [0.5, 0.6) is 0 Å². The summed E-state index contributed by atoms with van der Waals surface area (Å²) in [6, 6.07) is 15.3. The van der Waals surface area contributed by atoms with Crippen LogP contribution in [0.25, 0.3) is 10.9 Å². The molecule has 2 heterocycles. The van der Waals surface area contributed by atoms with Gasteiger partial charge in [0, 0.05) is 29.6 Å². The van der Waals surface area contributed by atoms with Gasteiger partial charge in [-0.2, -0.15) is 0 Å². The maximum Gasteiger partial charge on any atom is 0.261 e. The van der Waals surface area contributed by atoms with Crippen LogP contribution in [0.4, 0.5) is 0 Å². The fraction of sp³-hybridized carbons (Fsp3) is 0.150. The van der Waals surface area contributed by atoms with E-state index in [1.165, 1.54) is 17.3 Å². The largest absolute Gasteiger partial charge is 0.290 e. The second kappa shape index (κ2) is 7.84. The van der Waals surface area contributed by atoms with Crippen LogP contribution in [0.15, 0.2) is 63.9 Å². The summed E-state index contributed by atoms with van der Waals surface area (Å²) in [5.74, 6) is 0.676. The molecular weight excluding hydrogens is 398 g/mol. The summed E-state index contributed by atoms with van der Waals surface area (Å²) in [5.41, 5.74) is 2.89. The molecule has 0 fully saturated rings. The molecule has 4 rings (SSSR count). The Hall–Kier alpha value is -2.15. The molecule has 0 aliphatic heterocycles. The van der Waals surface area contributed by atoms with Crippen molar-refractivity contribution < 1.29 is 0 Å². The van der Waals surface area contributed by atoms with Crippen molar-refractivity contribution in [3.05, 3.63) is 85.6 Å². The minimum absolute atomic E-state index is 0.0233. The normalized spacial score (nSPS) is 11.2. The van der Waals surface area contributed by atoms with E-state index in [2.05, 4.69) is 10.4 Å². The summed E-state index contributed by atoms with van der Waals surface area (Å²) < 4.78 is 1.61. The van der Waals surface area contributed by atoms with Crippen molar-refractivity contribution in [2.75, 3.05) is 0 Å². The molecule has 0 saturated heterocycles. The van der Waals surface area contributed by atoms with Gasteiger partial charge in [-0.05, 0) is 29.8 Å². The summed E-state index contributed by atoms with van der Waals surface area (Å²) in [5, 5.41) is 5.21. The van der Waals surface area contributed by atoms with E-state index in [0.29, 0.717) is 16.3 Å². The van der Waals surface area contributed by atoms with E-state index in [0.717, 1.165) is 27.7 Å². The molecule has 0 aliphatic rings. The molecular formula is C20H16ClN3OS2.